The standard InChI is InChI=1S/C19H17ClN2O3S/c1-2-9-21-18(23)11-25-19(24)13-10-15(16-7-8-17(20)26-16)22-14-6-4-3-5-12(13)14/h3-8,10H,2,9,11H2,1H3,(H,21,23). The lowest BCUT2D eigenvalue weighted by Crippen LogP contribution is -2.29. The van der Waals surface area contributed by atoms with Crippen LogP contribution >= 0.6 is 22.9 Å². The van der Waals surface area contributed by atoms with E-state index in [4.69, 9.17) is 16.3 Å². The second-order valence-electron chi connectivity index (χ2n) is 5.60. The van der Waals surface area contributed by atoms with Crippen molar-refractivity contribution in [3.63, 3.8) is 0 Å². The van der Waals surface area contributed by atoms with Crippen molar-refractivity contribution in [2.45, 2.75) is 13.3 Å². The van der Waals surface area contributed by atoms with Crippen LogP contribution in [0.4, 0.5) is 0 Å². The minimum absolute atomic E-state index is 0.310. The molecule has 7 heteroatoms. The number of esters is 1. The molecule has 1 N–H and O–H groups in total. The minimum atomic E-state index is -0.556. The molecule has 0 fully saturated rings. The highest BCUT2D eigenvalue weighted by atomic mass is 35.5. The molecular weight excluding hydrogens is 372 g/mol. The number of hydrogen-bond donors (Lipinski definition) is 1. The van der Waals surface area contributed by atoms with Crippen LogP contribution in [0.1, 0.15) is 23.7 Å². The third-order valence-corrected chi connectivity index (χ3v) is 4.92. The third-order valence-electron chi connectivity index (χ3n) is 3.67. The lowest BCUT2D eigenvalue weighted by Gasteiger charge is -2.09. The largest absolute Gasteiger partial charge is 0.452 e. The van der Waals surface area contributed by atoms with Crippen LogP contribution in [-0.2, 0) is 9.53 Å². The summed E-state index contributed by atoms with van der Waals surface area (Å²) in [4.78, 5) is 29.7. The molecule has 1 amide bonds. The van der Waals surface area contributed by atoms with Crippen molar-refractivity contribution < 1.29 is 14.3 Å². The van der Waals surface area contributed by atoms with E-state index >= 15 is 0 Å². The molecule has 0 spiro atoms. The van der Waals surface area contributed by atoms with E-state index in [1.54, 1.807) is 18.2 Å². The van der Waals surface area contributed by atoms with Crippen LogP contribution in [0.25, 0.3) is 21.5 Å². The monoisotopic (exact) mass is 388 g/mol. The molecule has 3 rings (SSSR count). The molecule has 2 heterocycles. The van der Waals surface area contributed by atoms with Crippen molar-refractivity contribution in [3.05, 3.63) is 52.4 Å². The Bertz CT molecular complexity index is 955. The maximum absolute atomic E-state index is 12.6. The lowest BCUT2D eigenvalue weighted by atomic mass is 10.1. The molecule has 0 radical (unpaired) electrons. The van der Waals surface area contributed by atoms with E-state index in [2.05, 4.69) is 10.3 Å². The number of halogens is 1. The smallest absolute Gasteiger partial charge is 0.339 e. The zero-order chi connectivity index (χ0) is 18.5. The van der Waals surface area contributed by atoms with Crippen molar-refractivity contribution >= 4 is 45.7 Å². The van der Waals surface area contributed by atoms with E-state index in [0.717, 1.165) is 11.3 Å². The van der Waals surface area contributed by atoms with Crippen molar-refractivity contribution in [1.82, 2.24) is 10.3 Å². The molecular formula is C19H17ClN2O3S. The van der Waals surface area contributed by atoms with Crippen molar-refractivity contribution in [2.24, 2.45) is 0 Å². The van der Waals surface area contributed by atoms with Crippen LogP contribution in [0.15, 0.2) is 42.5 Å². The van der Waals surface area contributed by atoms with Gasteiger partial charge in [0, 0.05) is 11.9 Å². The Labute approximate surface area is 160 Å². The zero-order valence-corrected chi connectivity index (χ0v) is 15.7. The number of para-hydroxylation sites is 1. The Morgan fingerprint density at radius 2 is 2.04 bits per heavy atom. The third kappa shape index (κ3) is 4.20. The SMILES string of the molecule is CCCNC(=O)COC(=O)c1cc(-c2ccc(Cl)s2)nc2ccccc12. The second-order valence-corrected chi connectivity index (χ2v) is 7.32. The number of rotatable bonds is 6. The molecule has 0 bridgehead atoms. The number of ether oxygens (including phenoxy) is 1. The van der Waals surface area contributed by atoms with Gasteiger partial charge in [-0.25, -0.2) is 9.78 Å². The Morgan fingerprint density at radius 1 is 1.23 bits per heavy atom. The topological polar surface area (TPSA) is 68.3 Å². The molecule has 0 unspecified atom stereocenters. The number of aromatic nitrogens is 1. The summed E-state index contributed by atoms with van der Waals surface area (Å²) < 4.78 is 5.83. The van der Waals surface area contributed by atoms with Crippen LogP contribution in [0, 0.1) is 0 Å². The molecule has 1 aromatic carbocycles. The normalized spacial score (nSPS) is 10.7. The summed E-state index contributed by atoms with van der Waals surface area (Å²) in [7, 11) is 0. The first-order valence-electron chi connectivity index (χ1n) is 8.18. The van der Waals surface area contributed by atoms with E-state index in [1.165, 1.54) is 11.3 Å². The lowest BCUT2D eigenvalue weighted by molar-refractivity contribution is -0.124. The highest BCUT2D eigenvalue weighted by Crippen LogP contribution is 2.32. The molecule has 0 saturated carbocycles. The van der Waals surface area contributed by atoms with Crippen LogP contribution in [-0.4, -0.2) is 30.0 Å². The Kier molecular flexibility index (Phi) is 5.85. The van der Waals surface area contributed by atoms with Gasteiger partial charge in [-0.1, -0.05) is 36.7 Å². The molecule has 0 saturated heterocycles. The number of nitrogens with one attached hydrogen (secondary N) is 1. The van der Waals surface area contributed by atoms with Gasteiger partial charge >= 0.3 is 5.97 Å². The van der Waals surface area contributed by atoms with Crippen LogP contribution in [0.5, 0.6) is 0 Å². The van der Waals surface area contributed by atoms with Gasteiger partial charge in [0.25, 0.3) is 5.91 Å². The molecule has 2 aromatic heterocycles. The summed E-state index contributed by atoms with van der Waals surface area (Å²) in [6.07, 6.45) is 0.821. The molecule has 5 nitrogen and oxygen atoms in total. The van der Waals surface area contributed by atoms with E-state index in [9.17, 15) is 9.59 Å². The number of fused-ring (bicyclic) bond motifs is 1. The van der Waals surface area contributed by atoms with E-state index in [-0.39, 0.29) is 12.5 Å². The average molecular weight is 389 g/mol. The Hall–Kier alpha value is -2.44. The fourth-order valence-electron chi connectivity index (χ4n) is 2.45. The first-order chi connectivity index (χ1) is 12.6. The summed E-state index contributed by atoms with van der Waals surface area (Å²) >= 11 is 7.40. The predicted octanol–water partition coefficient (Wildman–Crippen LogP) is 4.30. The maximum Gasteiger partial charge on any atom is 0.339 e. The Morgan fingerprint density at radius 3 is 2.77 bits per heavy atom. The first-order valence-corrected chi connectivity index (χ1v) is 9.37. The average Bonchev–Trinajstić information content (AvgIpc) is 3.09. The summed E-state index contributed by atoms with van der Waals surface area (Å²) in [5.41, 5.74) is 1.69. The first kappa shape index (κ1) is 18.4. The van der Waals surface area contributed by atoms with Crippen LogP contribution < -0.4 is 5.32 Å². The zero-order valence-electron chi connectivity index (χ0n) is 14.1. The number of amides is 1. The van der Waals surface area contributed by atoms with Crippen molar-refractivity contribution in [1.29, 1.82) is 0 Å². The number of carbonyl (C=O) groups excluding carboxylic acids is 2. The van der Waals surface area contributed by atoms with Gasteiger partial charge in [0.1, 0.15) is 0 Å². The number of pyridine rings is 1. The molecule has 0 atom stereocenters. The fourth-order valence-corrected chi connectivity index (χ4v) is 3.45. The number of thiophene rings is 1. The molecule has 26 heavy (non-hydrogen) atoms. The van der Waals surface area contributed by atoms with E-state index in [1.807, 2.05) is 31.2 Å². The van der Waals surface area contributed by atoms with Crippen LogP contribution in [0.3, 0.4) is 0 Å². The Balaban J connectivity index is 1.91. The van der Waals surface area contributed by atoms with Gasteiger partial charge in [0.05, 0.1) is 26.0 Å². The molecule has 0 aliphatic rings. The maximum atomic E-state index is 12.6. The highest BCUT2D eigenvalue weighted by molar-refractivity contribution is 7.19. The summed E-state index contributed by atoms with van der Waals surface area (Å²) in [6, 6.07) is 12.6. The number of carbonyl (C=O) groups is 2. The second kappa shape index (κ2) is 8.29. The van der Waals surface area contributed by atoms with Gasteiger partial charge in [0.15, 0.2) is 6.61 Å². The van der Waals surface area contributed by atoms with Gasteiger partial charge in [-0.05, 0) is 30.7 Å². The predicted molar refractivity (Wildman–Crippen MR) is 104 cm³/mol. The van der Waals surface area contributed by atoms with Crippen molar-refractivity contribution in [3.8, 4) is 10.6 Å². The number of nitrogens with zero attached hydrogens (tertiary/aromatic N) is 1. The van der Waals surface area contributed by atoms with Gasteiger partial charge in [0.2, 0.25) is 0 Å². The molecule has 134 valence electrons. The molecule has 3 aromatic rings. The quantitative estimate of drug-likeness (QED) is 0.639. The summed E-state index contributed by atoms with van der Waals surface area (Å²) in [5, 5.41) is 3.35. The minimum Gasteiger partial charge on any atom is -0.452 e. The number of benzene rings is 1. The van der Waals surface area contributed by atoms with Crippen LogP contribution in [0.2, 0.25) is 4.34 Å². The molecule has 0 aliphatic heterocycles. The van der Waals surface area contributed by atoms with E-state index < -0.39 is 5.97 Å². The van der Waals surface area contributed by atoms with Gasteiger partial charge < -0.3 is 10.1 Å². The van der Waals surface area contributed by atoms with E-state index in [0.29, 0.717) is 33.0 Å². The number of hydrogen-bond acceptors (Lipinski definition) is 5. The van der Waals surface area contributed by atoms with Gasteiger partial charge in [-0.3, -0.25) is 4.79 Å². The van der Waals surface area contributed by atoms with Crippen molar-refractivity contribution in [2.75, 3.05) is 13.2 Å². The van der Waals surface area contributed by atoms with Gasteiger partial charge in [-0.15, -0.1) is 11.3 Å². The fraction of sp³-hybridized carbons (Fsp3) is 0.211. The molecule has 0 aliphatic carbocycles. The summed E-state index contributed by atoms with van der Waals surface area (Å²) in [6.45, 7) is 2.20. The van der Waals surface area contributed by atoms with Gasteiger partial charge in [-0.2, -0.15) is 0 Å². The highest BCUT2D eigenvalue weighted by Gasteiger charge is 2.17. The summed E-state index contributed by atoms with van der Waals surface area (Å²) in [5.74, 6) is -0.872.